The number of nitrogens with one attached hydrogen (secondary N) is 1. The normalized spacial score (nSPS) is 12.5. The van der Waals surface area contributed by atoms with E-state index in [9.17, 15) is 9.59 Å². The van der Waals surface area contributed by atoms with Crippen LogP contribution in [0.15, 0.2) is 17.7 Å². The molecule has 0 unspecified atom stereocenters. The van der Waals surface area contributed by atoms with Gasteiger partial charge in [-0.25, -0.2) is 4.79 Å². The van der Waals surface area contributed by atoms with Crippen LogP contribution in [0.3, 0.4) is 0 Å². The number of rotatable bonds is 6. The lowest BCUT2D eigenvalue weighted by molar-refractivity contribution is -0.111. The highest BCUT2D eigenvalue weighted by Crippen LogP contribution is 2.38. The van der Waals surface area contributed by atoms with Crippen LogP contribution in [-0.2, 0) is 9.53 Å². The van der Waals surface area contributed by atoms with Gasteiger partial charge in [-0.3, -0.25) is 4.79 Å². The van der Waals surface area contributed by atoms with Crippen molar-refractivity contribution in [3.05, 3.63) is 28.2 Å². The maximum Gasteiger partial charge on any atom is 0.341 e. The molecule has 0 saturated carbocycles. The summed E-state index contributed by atoms with van der Waals surface area (Å²) >= 11 is 1.46. The van der Waals surface area contributed by atoms with E-state index in [1.165, 1.54) is 17.4 Å². The quantitative estimate of drug-likeness (QED) is 0.554. The monoisotopic (exact) mass is 351 g/mol. The molecule has 1 atom stereocenters. The van der Waals surface area contributed by atoms with Crippen LogP contribution < -0.4 is 5.32 Å². The van der Waals surface area contributed by atoms with Crippen molar-refractivity contribution in [3.63, 3.8) is 0 Å². The van der Waals surface area contributed by atoms with E-state index in [1.807, 2.05) is 19.9 Å². The maximum absolute atomic E-state index is 12.2. The summed E-state index contributed by atoms with van der Waals surface area (Å²) in [5, 5.41) is 3.38. The fourth-order valence-corrected chi connectivity index (χ4v) is 3.64. The first-order chi connectivity index (χ1) is 11.0. The molecule has 24 heavy (non-hydrogen) atoms. The summed E-state index contributed by atoms with van der Waals surface area (Å²) < 4.78 is 5.13. The average Bonchev–Trinajstić information content (AvgIpc) is 2.80. The van der Waals surface area contributed by atoms with Crippen molar-refractivity contribution in [1.29, 1.82) is 0 Å². The van der Waals surface area contributed by atoms with Crippen LogP contribution in [0.2, 0.25) is 0 Å². The Morgan fingerprint density at radius 1 is 1.33 bits per heavy atom. The zero-order valence-electron chi connectivity index (χ0n) is 15.8. The van der Waals surface area contributed by atoms with Crippen LogP contribution in [0.5, 0.6) is 0 Å². The number of carbonyl (C=O) groups is 2. The molecule has 134 valence electrons. The number of allylic oxidation sites excluding steroid dienone is 1. The Labute approximate surface area is 149 Å². The van der Waals surface area contributed by atoms with Crippen LogP contribution in [0.1, 0.15) is 76.0 Å². The van der Waals surface area contributed by atoms with Gasteiger partial charge in [0.1, 0.15) is 5.00 Å². The summed E-state index contributed by atoms with van der Waals surface area (Å²) in [5.41, 5.74) is 1.54. The minimum Gasteiger partial charge on any atom is -0.462 e. The van der Waals surface area contributed by atoms with E-state index in [4.69, 9.17) is 4.74 Å². The number of carbonyl (C=O) groups excluding carboxylic acids is 2. The number of esters is 1. The molecule has 0 saturated heterocycles. The third kappa shape index (κ3) is 6.48. The topological polar surface area (TPSA) is 55.4 Å². The number of anilines is 1. The zero-order chi connectivity index (χ0) is 18.5. The predicted octanol–water partition coefficient (Wildman–Crippen LogP) is 5.37. The lowest BCUT2D eigenvalue weighted by atomic mass is 9.85. The molecule has 1 N–H and O–H groups in total. The van der Waals surface area contributed by atoms with Crippen LogP contribution in [0, 0.1) is 5.41 Å². The summed E-state index contributed by atoms with van der Waals surface area (Å²) in [6.45, 7) is 14.5. The van der Waals surface area contributed by atoms with Gasteiger partial charge in [0.25, 0.3) is 0 Å². The Balaban J connectivity index is 3.13. The molecule has 0 aliphatic heterocycles. The number of hydrogen-bond acceptors (Lipinski definition) is 4. The molecule has 1 aromatic rings. The minimum atomic E-state index is -0.393. The highest BCUT2D eigenvalue weighted by Gasteiger charge is 2.23. The van der Waals surface area contributed by atoms with Gasteiger partial charge in [-0.15, -0.1) is 11.3 Å². The molecule has 1 rings (SSSR count). The van der Waals surface area contributed by atoms with E-state index in [1.54, 1.807) is 6.92 Å². The standard InChI is InChI=1S/C19H29NO3S/c1-8-23-18(22)14-10-15(13(4)11-19(5,6)7)24-17(14)20-16(21)9-12(2)3/h9-10,13H,8,11H2,1-7H3,(H,20,21)/t13-/m1/s1. The molecule has 0 fully saturated rings. The molecule has 0 bridgehead atoms. The van der Waals surface area contributed by atoms with Crippen molar-refractivity contribution >= 4 is 28.2 Å². The molecule has 0 aromatic carbocycles. The van der Waals surface area contributed by atoms with Gasteiger partial charge >= 0.3 is 5.97 Å². The van der Waals surface area contributed by atoms with Gasteiger partial charge in [0.05, 0.1) is 12.2 Å². The predicted molar refractivity (Wildman–Crippen MR) is 101 cm³/mol. The Hall–Kier alpha value is -1.62. The second kappa shape index (κ2) is 8.47. The molecule has 4 nitrogen and oxygen atoms in total. The fraction of sp³-hybridized carbons (Fsp3) is 0.579. The Morgan fingerprint density at radius 2 is 1.96 bits per heavy atom. The summed E-state index contributed by atoms with van der Waals surface area (Å²) in [7, 11) is 0. The third-order valence-electron chi connectivity index (χ3n) is 3.31. The SMILES string of the molecule is CCOC(=O)c1cc([C@H](C)CC(C)(C)C)sc1NC(=O)C=C(C)C. The number of amides is 1. The number of hydrogen-bond donors (Lipinski definition) is 1. The van der Waals surface area contributed by atoms with Gasteiger partial charge in [-0.2, -0.15) is 0 Å². The molecule has 1 amide bonds. The van der Waals surface area contributed by atoms with Crippen molar-refractivity contribution in [2.75, 3.05) is 11.9 Å². The lowest BCUT2D eigenvalue weighted by Crippen LogP contribution is -2.12. The van der Waals surface area contributed by atoms with E-state index < -0.39 is 5.97 Å². The van der Waals surface area contributed by atoms with E-state index in [-0.39, 0.29) is 11.3 Å². The van der Waals surface area contributed by atoms with Gasteiger partial charge in [-0.05, 0) is 44.6 Å². The lowest BCUT2D eigenvalue weighted by Gasteiger charge is -2.22. The van der Waals surface area contributed by atoms with Crippen LogP contribution in [-0.4, -0.2) is 18.5 Å². The molecular weight excluding hydrogens is 322 g/mol. The smallest absolute Gasteiger partial charge is 0.341 e. The van der Waals surface area contributed by atoms with E-state index in [2.05, 4.69) is 33.0 Å². The minimum absolute atomic E-state index is 0.193. The molecule has 0 spiro atoms. The van der Waals surface area contributed by atoms with Crippen LogP contribution >= 0.6 is 11.3 Å². The number of ether oxygens (including phenoxy) is 1. The van der Waals surface area contributed by atoms with Gasteiger partial charge in [0.15, 0.2) is 0 Å². The van der Waals surface area contributed by atoms with Gasteiger partial charge in [0.2, 0.25) is 5.91 Å². The second-order valence-electron chi connectivity index (χ2n) is 7.49. The Kier molecular flexibility index (Phi) is 7.21. The average molecular weight is 352 g/mol. The third-order valence-corrected chi connectivity index (χ3v) is 4.59. The first-order valence-corrected chi connectivity index (χ1v) is 9.12. The molecule has 1 heterocycles. The maximum atomic E-state index is 12.2. The second-order valence-corrected chi connectivity index (χ2v) is 8.57. The van der Waals surface area contributed by atoms with E-state index in [0.717, 1.165) is 16.9 Å². The van der Waals surface area contributed by atoms with Crippen molar-refractivity contribution < 1.29 is 14.3 Å². The van der Waals surface area contributed by atoms with E-state index >= 15 is 0 Å². The van der Waals surface area contributed by atoms with Crippen molar-refractivity contribution in [3.8, 4) is 0 Å². The molecule has 5 heteroatoms. The summed E-state index contributed by atoms with van der Waals surface area (Å²) in [5.74, 6) is -0.315. The first kappa shape index (κ1) is 20.4. The van der Waals surface area contributed by atoms with Crippen molar-refractivity contribution in [2.24, 2.45) is 5.41 Å². The Morgan fingerprint density at radius 3 is 2.46 bits per heavy atom. The van der Waals surface area contributed by atoms with E-state index in [0.29, 0.717) is 23.1 Å². The van der Waals surface area contributed by atoms with Crippen molar-refractivity contribution in [2.45, 2.75) is 60.8 Å². The van der Waals surface area contributed by atoms with Gasteiger partial charge in [-0.1, -0.05) is 33.3 Å². The molecule has 0 aliphatic rings. The molecule has 1 aromatic heterocycles. The molecule has 0 aliphatic carbocycles. The number of thiophene rings is 1. The van der Waals surface area contributed by atoms with Gasteiger partial charge in [0, 0.05) is 11.0 Å². The highest BCUT2D eigenvalue weighted by atomic mass is 32.1. The van der Waals surface area contributed by atoms with Crippen LogP contribution in [0.4, 0.5) is 5.00 Å². The van der Waals surface area contributed by atoms with Crippen LogP contribution in [0.25, 0.3) is 0 Å². The van der Waals surface area contributed by atoms with Crippen molar-refractivity contribution in [1.82, 2.24) is 0 Å². The molecule has 0 radical (unpaired) electrons. The largest absolute Gasteiger partial charge is 0.462 e. The van der Waals surface area contributed by atoms with Gasteiger partial charge < -0.3 is 10.1 Å². The summed E-state index contributed by atoms with van der Waals surface area (Å²) in [6, 6.07) is 1.86. The first-order valence-electron chi connectivity index (χ1n) is 8.30. The summed E-state index contributed by atoms with van der Waals surface area (Å²) in [4.78, 5) is 25.3. The molecular formula is C19H29NO3S. The Bertz CT molecular complexity index is 619. The zero-order valence-corrected chi connectivity index (χ0v) is 16.6. The fourth-order valence-electron chi connectivity index (χ4n) is 2.54. The highest BCUT2D eigenvalue weighted by molar-refractivity contribution is 7.16. The summed E-state index contributed by atoms with van der Waals surface area (Å²) in [6.07, 6.45) is 2.52.